The normalized spacial score (nSPS) is 20.7. The predicted octanol–water partition coefficient (Wildman–Crippen LogP) is 1.83. The van der Waals surface area contributed by atoms with Gasteiger partial charge < -0.3 is 15.5 Å². The van der Waals surface area contributed by atoms with Crippen molar-refractivity contribution in [3.63, 3.8) is 0 Å². The van der Waals surface area contributed by atoms with Crippen LogP contribution in [-0.4, -0.2) is 63.7 Å². The van der Waals surface area contributed by atoms with Crippen molar-refractivity contribution in [2.75, 3.05) is 26.2 Å². The van der Waals surface area contributed by atoms with Gasteiger partial charge in [-0.25, -0.2) is 9.67 Å². The lowest BCUT2D eigenvalue weighted by Gasteiger charge is -2.33. The van der Waals surface area contributed by atoms with Gasteiger partial charge in [0.15, 0.2) is 0 Å². The van der Waals surface area contributed by atoms with Gasteiger partial charge in [0.25, 0.3) is 5.91 Å². The molecule has 2 aliphatic heterocycles. The number of likely N-dealkylation sites (tertiary alicyclic amines) is 1. The number of halogens is 2. The first-order valence-electron chi connectivity index (χ1n) is 9.96. The lowest BCUT2D eigenvalue weighted by molar-refractivity contribution is -0.123. The van der Waals surface area contributed by atoms with Crippen LogP contribution in [0.25, 0.3) is 5.69 Å². The summed E-state index contributed by atoms with van der Waals surface area (Å²) in [6.07, 6.45) is 7.03. The van der Waals surface area contributed by atoms with E-state index in [1.54, 1.807) is 11.0 Å². The SMILES string of the molecule is Cl.Cl.O=C(NCC1CCCN(C(=O)c2cccc(-n3cncn3)c2)C1)C1CCCN1. The molecule has 4 rings (SSSR count). The number of carbonyl (C=O) groups is 2. The van der Waals surface area contributed by atoms with Gasteiger partial charge in [-0.2, -0.15) is 5.10 Å². The summed E-state index contributed by atoms with van der Waals surface area (Å²) in [4.78, 5) is 31.1. The summed E-state index contributed by atoms with van der Waals surface area (Å²) in [5, 5.41) is 10.4. The molecule has 2 amide bonds. The highest BCUT2D eigenvalue weighted by Crippen LogP contribution is 2.19. The standard InChI is InChI=1S/C20H26N6O2.2ClH/c27-19(18-7-2-8-22-18)23-11-15-4-3-9-25(12-15)20(28)16-5-1-6-17(10-16)26-14-21-13-24-26;;/h1,5-6,10,13-15,18,22H,2-4,7-9,11-12H2,(H,23,27);2*1H. The molecule has 0 spiro atoms. The minimum absolute atomic E-state index is 0. The minimum Gasteiger partial charge on any atom is -0.354 e. The van der Waals surface area contributed by atoms with E-state index in [4.69, 9.17) is 0 Å². The summed E-state index contributed by atoms with van der Waals surface area (Å²) in [5.74, 6) is 0.401. The van der Waals surface area contributed by atoms with Crippen LogP contribution in [-0.2, 0) is 4.79 Å². The summed E-state index contributed by atoms with van der Waals surface area (Å²) in [5.41, 5.74) is 1.46. The van der Waals surface area contributed by atoms with Gasteiger partial charge in [0.2, 0.25) is 5.91 Å². The molecule has 3 heterocycles. The van der Waals surface area contributed by atoms with Crippen LogP contribution in [0, 0.1) is 5.92 Å². The van der Waals surface area contributed by atoms with Crippen molar-refractivity contribution in [1.29, 1.82) is 0 Å². The zero-order chi connectivity index (χ0) is 19.3. The fraction of sp³-hybridized carbons (Fsp3) is 0.500. The summed E-state index contributed by atoms with van der Waals surface area (Å²) >= 11 is 0. The lowest BCUT2D eigenvalue weighted by Crippen LogP contribution is -2.46. The highest BCUT2D eigenvalue weighted by atomic mass is 35.5. The second-order valence-corrected chi connectivity index (χ2v) is 7.54. The molecule has 2 saturated heterocycles. The van der Waals surface area contributed by atoms with Crippen LogP contribution in [0.5, 0.6) is 0 Å². The van der Waals surface area contributed by atoms with E-state index in [1.807, 2.05) is 29.2 Å². The van der Waals surface area contributed by atoms with Crippen molar-refractivity contribution in [3.8, 4) is 5.69 Å². The summed E-state index contributed by atoms with van der Waals surface area (Å²) in [6, 6.07) is 7.38. The summed E-state index contributed by atoms with van der Waals surface area (Å²) in [7, 11) is 0. The zero-order valence-electron chi connectivity index (χ0n) is 16.7. The van der Waals surface area contributed by atoms with Gasteiger partial charge in [0.1, 0.15) is 12.7 Å². The average molecular weight is 455 g/mol. The molecule has 0 bridgehead atoms. The Hall–Kier alpha value is -2.16. The van der Waals surface area contributed by atoms with E-state index in [0.29, 0.717) is 24.6 Å². The number of nitrogens with one attached hydrogen (secondary N) is 2. The van der Waals surface area contributed by atoms with Gasteiger partial charge in [-0.1, -0.05) is 6.07 Å². The number of aromatic nitrogens is 3. The van der Waals surface area contributed by atoms with Crippen molar-refractivity contribution in [2.45, 2.75) is 31.7 Å². The maximum atomic E-state index is 13.0. The van der Waals surface area contributed by atoms with Crippen LogP contribution in [0.3, 0.4) is 0 Å². The monoisotopic (exact) mass is 454 g/mol. The number of hydrogen-bond donors (Lipinski definition) is 2. The Kier molecular flexibility index (Phi) is 9.08. The fourth-order valence-corrected chi connectivity index (χ4v) is 4.00. The van der Waals surface area contributed by atoms with Crippen LogP contribution in [0.4, 0.5) is 0 Å². The highest BCUT2D eigenvalue weighted by molar-refractivity contribution is 5.94. The van der Waals surface area contributed by atoms with Crippen molar-refractivity contribution in [3.05, 3.63) is 42.5 Å². The van der Waals surface area contributed by atoms with Crippen LogP contribution >= 0.6 is 24.8 Å². The average Bonchev–Trinajstić information content (AvgIpc) is 3.46. The zero-order valence-corrected chi connectivity index (χ0v) is 18.3. The molecule has 8 nitrogen and oxygen atoms in total. The first kappa shape index (κ1) is 24.1. The van der Waals surface area contributed by atoms with Gasteiger partial charge in [0.05, 0.1) is 11.7 Å². The first-order chi connectivity index (χ1) is 13.7. The van der Waals surface area contributed by atoms with Crippen molar-refractivity contribution >= 4 is 36.6 Å². The highest BCUT2D eigenvalue weighted by Gasteiger charge is 2.27. The Morgan fingerprint density at radius 2 is 2.07 bits per heavy atom. The largest absolute Gasteiger partial charge is 0.354 e. The molecule has 2 N–H and O–H groups in total. The van der Waals surface area contributed by atoms with E-state index in [2.05, 4.69) is 20.7 Å². The third-order valence-electron chi connectivity index (χ3n) is 5.52. The Morgan fingerprint density at radius 1 is 1.20 bits per heavy atom. The summed E-state index contributed by atoms with van der Waals surface area (Å²) in [6.45, 7) is 2.96. The molecular weight excluding hydrogens is 427 g/mol. The van der Waals surface area contributed by atoms with E-state index < -0.39 is 0 Å². The molecule has 2 unspecified atom stereocenters. The number of nitrogens with zero attached hydrogens (tertiary/aromatic N) is 4. The second kappa shape index (κ2) is 11.3. The number of rotatable bonds is 5. The smallest absolute Gasteiger partial charge is 0.253 e. The van der Waals surface area contributed by atoms with Crippen LogP contribution in [0.2, 0.25) is 0 Å². The third kappa shape index (κ3) is 5.71. The van der Waals surface area contributed by atoms with E-state index in [0.717, 1.165) is 44.5 Å². The van der Waals surface area contributed by atoms with Crippen LogP contribution in [0.1, 0.15) is 36.0 Å². The van der Waals surface area contributed by atoms with E-state index in [-0.39, 0.29) is 42.7 Å². The molecule has 30 heavy (non-hydrogen) atoms. The Morgan fingerprint density at radius 3 is 2.80 bits per heavy atom. The lowest BCUT2D eigenvalue weighted by atomic mass is 9.97. The molecule has 0 aliphatic carbocycles. The van der Waals surface area contributed by atoms with Crippen molar-refractivity contribution < 1.29 is 9.59 Å². The molecule has 0 radical (unpaired) electrons. The van der Waals surface area contributed by atoms with Gasteiger partial charge >= 0.3 is 0 Å². The molecule has 164 valence electrons. The van der Waals surface area contributed by atoms with Crippen molar-refractivity contribution in [2.24, 2.45) is 5.92 Å². The maximum Gasteiger partial charge on any atom is 0.253 e. The summed E-state index contributed by atoms with van der Waals surface area (Å²) < 4.78 is 1.64. The number of benzene rings is 1. The van der Waals surface area contributed by atoms with Gasteiger partial charge in [0, 0.05) is 25.2 Å². The molecule has 2 atom stereocenters. The van der Waals surface area contributed by atoms with Crippen LogP contribution in [0.15, 0.2) is 36.9 Å². The number of piperidine rings is 1. The van der Waals surface area contributed by atoms with E-state index in [9.17, 15) is 9.59 Å². The number of amides is 2. The van der Waals surface area contributed by atoms with E-state index >= 15 is 0 Å². The molecule has 0 saturated carbocycles. The topological polar surface area (TPSA) is 92.2 Å². The third-order valence-corrected chi connectivity index (χ3v) is 5.52. The fourth-order valence-electron chi connectivity index (χ4n) is 4.00. The van der Waals surface area contributed by atoms with Gasteiger partial charge in [-0.05, 0) is 56.3 Å². The second-order valence-electron chi connectivity index (χ2n) is 7.54. The molecule has 1 aromatic heterocycles. The number of hydrogen-bond acceptors (Lipinski definition) is 5. The molecule has 2 aromatic rings. The molecule has 10 heteroatoms. The quantitative estimate of drug-likeness (QED) is 0.718. The van der Waals surface area contributed by atoms with Crippen molar-refractivity contribution in [1.82, 2.24) is 30.3 Å². The Bertz CT molecular complexity index is 826. The maximum absolute atomic E-state index is 13.0. The molecule has 2 aliphatic rings. The molecule has 1 aromatic carbocycles. The Balaban J connectivity index is 0.00000160. The molecule has 2 fully saturated rings. The van der Waals surface area contributed by atoms with Gasteiger partial charge in [-0.3, -0.25) is 9.59 Å². The predicted molar refractivity (Wildman–Crippen MR) is 119 cm³/mol. The number of carbonyl (C=O) groups excluding carboxylic acids is 2. The van der Waals surface area contributed by atoms with Crippen LogP contribution < -0.4 is 10.6 Å². The Labute approximate surface area is 188 Å². The minimum atomic E-state index is -0.0548. The molecular formula is C20H28Cl2N6O2. The van der Waals surface area contributed by atoms with E-state index in [1.165, 1.54) is 6.33 Å². The van der Waals surface area contributed by atoms with Gasteiger partial charge in [-0.15, -0.1) is 24.8 Å². The first-order valence-corrected chi connectivity index (χ1v) is 9.96.